The normalized spacial score (nSPS) is 23.1. The molecule has 1 saturated carbocycles. The minimum atomic E-state index is 0.518. The molecule has 5 nitrogen and oxygen atoms in total. The molecular weight excluding hydrogens is 332 g/mol. The minimum absolute atomic E-state index is 0.518. The summed E-state index contributed by atoms with van der Waals surface area (Å²) in [6.07, 6.45) is 10.5. The molecule has 21 heavy (non-hydrogen) atoms. The van der Waals surface area contributed by atoms with Crippen LogP contribution in [0.1, 0.15) is 25.7 Å². The predicted octanol–water partition coefficient (Wildman–Crippen LogP) is 3.65. The number of nitrogens with zero attached hydrogens (tertiary/aromatic N) is 4. The Hall–Kier alpha value is -1.27. The summed E-state index contributed by atoms with van der Waals surface area (Å²) >= 11 is 3.46. The van der Waals surface area contributed by atoms with Crippen molar-refractivity contribution in [2.24, 2.45) is 16.8 Å². The van der Waals surface area contributed by atoms with Gasteiger partial charge in [0, 0.05) is 30.6 Å². The Balaban J connectivity index is 1.62. The van der Waals surface area contributed by atoms with Gasteiger partial charge >= 0.3 is 0 Å². The summed E-state index contributed by atoms with van der Waals surface area (Å²) in [5, 5.41) is 4.38. The lowest BCUT2D eigenvalue weighted by Gasteiger charge is -2.25. The fourth-order valence-corrected chi connectivity index (χ4v) is 3.23. The molecule has 0 unspecified atom stereocenters. The second kappa shape index (κ2) is 6.66. The summed E-state index contributed by atoms with van der Waals surface area (Å²) in [5.74, 6) is 1.77. The van der Waals surface area contributed by atoms with Crippen molar-refractivity contribution >= 4 is 33.6 Å². The van der Waals surface area contributed by atoms with Crippen molar-refractivity contribution in [1.29, 1.82) is 0 Å². The summed E-state index contributed by atoms with van der Waals surface area (Å²) in [6, 6.07) is 1.95. The summed E-state index contributed by atoms with van der Waals surface area (Å²) in [5.41, 5.74) is 0.953. The summed E-state index contributed by atoms with van der Waals surface area (Å²) in [6.45, 7) is 0.881. The Morgan fingerprint density at radius 1 is 1.43 bits per heavy atom. The standard InChI is InChI=1S/C15H19BrN4O/c1-21-10-12-4-2-11(3-5-12)8-17-15-18-9-14-13(16)6-7-20(14)19-15/h6-9,11-12H,2-5,10H2,1H3/b17-8+. The highest BCUT2D eigenvalue weighted by Crippen LogP contribution is 2.28. The summed E-state index contributed by atoms with van der Waals surface area (Å²) in [4.78, 5) is 8.73. The molecule has 3 rings (SSSR count). The molecule has 0 saturated heterocycles. The first-order valence-corrected chi connectivity index (χ1v) is 8.08. The highest BCUT2D eigenvalue weighted by molar-refractivity contribution is 9.10. The smallest absolute Gasteiger partial charge is 0.266 e. The summed E-state index contributed by atoms with van der Waals surface area (Å²) in [7, 11) is 1.78. The van der Waals surface area contributed by atoms with E-state index in [1.54, 1.807) is 17.8 Å². The average molecular weight is 351 g/mol. The number of aliphatic imine (C=N–C) groups is 1. The van der Waals surface area contributed by atoms with E-state index in [4.69, 9.17) is 4.74 Å². The third kappa shape index (κ3) is 3.49. The van der Waals surface area contributed by atoms with Gasteiger partial charge in [0.25, 0.3) is 5.95 Å². The van der Waals surface area contributed by atoms with Gasteiger partial charge < -0.3 is 4.74 Å². The summed E-state index contributed by atoms with van der Waals surface area (Å²) < 4.78 is 8.01. The predicted molar refractivity (Wildman–Crippen MR) is 86.2 cm³/mol. The molecule has 2 aromatic heterocycles. The second-order valence-corrected chi connectivity index (χ2v) is 6.42. The molecule has 0 aliphatic heterocycles. The first-order valence-electron chi connectivity index (χ1n) is 7.29. The lowest BCUT2D eigenvalue weighted by atomic mass is 9.83. The van der Waals surface area contributed by atoms with Gasteiger partial charge in [-0.1, -0.05) is 0 Å². The van der Waals surface area contributed by atoms with E-state index in [1.165, 1.54) is 25.7 Å². The van der Waals surface area contributed by atoms with E-state index in [0.29, 0.717) is 17.8 Å². The zero-order valence-electron chi connectivity index (χ0n) is 12.1. The number of aromatic nitrogens is 3. The van der Waals surface area contributed by atoms with Crippen LogP contribution < -0.4 is 0 Å². The monoisotopic (exact) mass is 350 g/mol. The maximum Gasteiger partial charge on any atom is 0.266 e. The van der Waals surface area contributed by atoms with Crippen molar-refractivity contribution in [3.8, 4) is 0 Å². The third-order valence-electron chi connectivity index (χ3n) is 4.05. The van der Waals surface area contributed by atoms with E-state index in [9.17, 15) is 0 Å². The van der Waals surface area contributed by atoms with Crippen molar-refractivity contribution in [2.75, 3.05) is 13.7 Å². The molecule has 2 aromatic rings. The van der Waals surface area contributed by atoms with Crippen molar-refractivity contribution < 1.29 is 4.74 Å². The molecule has 0 N–H and O–H groups in total. The van der Waals surface area contributed by atoms with E-state index in [0.717, 1.165) is 16.6 Å². The highest BCUT2D eigenvalue weighted by Gasteiger charge is 2.19. The number of methoxy groups -OCH3 is 1. The van der Waals surface area contributed by atoms with Crippen LogP contribution in [-0.4, -0.2) is 34.5 Å². The van der Waals surface area contributed by atoms with Gasteiger partial charge in [0.15, 0.2) is 0 Å². The number of hydrogen-bond donors (Lipinski definition) is 0. The van der Waals surface area contributed by atoms with Gasteiger partial charge in [-0.25, -0.2) is 14.5 Å². The Morgan fingerprint density at radius 3 is 3.00 bits per heavy atom. The maximum absolute atomic E-state index is 5.23. The number of fused-ring (bicyclic) bond motifs is 1. The van der Waals surface area contributed by atoms with Gasteiger partial charge in [0.05, 0.1) is 11.7 Å². The van der Waals surface area contributed by atoms with Crippen LogP contribution in [0, 0.1) is 11.8 Å². The largest absolute Gasteiger partial charge is 0.384 e. The van der Waals surface area contributed by atoms with Crippen LogP contribution in [0.4, 0.5) is 5.95 Å². The van der Waals surface area contributed by atoms with Crippen molar-refractivity contribution in [1.82, 2.24) is 14.6 Å². The quantitative estimate of drug-likeness (QED) is 0.790. The Labute approximate surface area is 132 Å². The van der Waals surface area contributed by atoms with Crippen LogP contribution in [-0.2, 0) is 4.74 Å². The molecule has 0 radical (unpaired) electrons. The molecule has 2 heterocycles. The molecular formula is C15H19BrN4O. The molecule has 0 amide bonds. The number of rotatable bonds is 4. The zero-order chi connectivity index (χ0) is 14.7. The van der Waals surface area contributed by atoms with Crippen molar-refractivity contribution in [3.05, 3.63) is 22.9 Å². The van der Waals surface area contributed by atoms with E-state index in [1.807, 2.05) is 18.5 Å². The molecule has 6 heteroatoms. The lowest BCUT2D eigenvalue weighted by molar-refractivity contribution is 0.126. The molecule has 112 valence electrons. The van der Waals surface area contributed by atoms with E-state index >= 15 is 0 Å². The van der Waals surface area contributed by atoms with Crippen LogP contribution in [0.25, 0.3) is 5.52 Å². The molecule has 1 fully saturated rings. The first kappa shape index (κ1) is 14.7. The fourth-order valence-electron chi connectivity index (χ4n) is 2.83. The highest BCUT2D eigenvalue weighted by atomic mass is 79.9. The Kier molecular flexibility index (Phi) is 4.65. The zero-order valence-corrected chi connectivity index (χ0v) is 13.7. The first-order chi connectivity index (χ1) is 10.3. The van der Waals surface area contributed by atoms with Gasteiger partial charge in [-0.2, -0.15) is 0 Å². The molecule has 1 aliphatic rings. The molecule has 0 bridgehead atoms. The Bertz CT molecular complexity index is 632. The molecule has 0 atom stereocenters. The van der Waals surface area contributed by atoms with Crippen LogP contribution in [0.5, 0.6) is 0 Å². The van der Waals surface area contributed by atoms with E-state index in [-0.39, 0.29) is 0 Å². The van der Waals surface area contributed by atoms with Crippen LogP contribution >= 0.6 is 15.9 Å². The second-order valence-electron chi connectivity index (χ2n) is 5.57. The van der Waals surface area contributed by atoms with Gasteiger partial charge in [-0.15, -0.1) is 5.10 Å². The Morgan fingerprint density at radius 2 is 2.24 bits per heavy atom. The van der Waals surface area contributed by atoms with Gasteiger partial charge in [-0.05, 0) is 59.5 Å². The number of hydrogen-bond acceptors (Lipinski definition) is 4. The topological polar surface area (TPSA) is 51.8 Å². The molecule has 0 spiro atoms. The van der Waals surface area contributed by atoms with Crippen LogP contribution in [0.2, 0.25) is 0 Å². The lowest BCUT2D eigenvalue weighted by Crippen LogP contribution is -2.18. The number of ether oxygens (including phenoxy) is 1. The van der Waals surface area contributed by atoms with Crippen LogP contribution in [0.3, 0.4) is 0 Å². The minimum Gasteiger partial charge on any atom is -0.384 e. The fraction of sp³-hybridized carbons (Fsp3) is 0.533. The third-order valence-corrected chi connectivity index (χ3v) is 4.72. The van der Waals surface area contributed by atoms with Crippen LogP contribution in [0.15, 0.2) is 27.9 Å². The van der Waals surface area contributed by atoms with E-state index < -0.39 is 0 Å². The van der Waals surface area contributed by atoms with Gasteiger partial charge in [0.2, 0.25) is 0 Å². The van der Waals surface area contributed by atoms with Gasteiger partial charge in [0.1, 0.15) is 0 Å². The SMILES string of the molecule is COCC1CCC(/C=N/c2ncc3c(Br)ccn3n2)CC1. The van der Waals surface area contributed by atoms with Crippen molar-refractivity contribution in [2.45, 2.75) is 25.7 Å². The number of halogens is 1. The molecule has 0 aromatic carbocycles. The van der Waals surface area contributed by atoms with E-state index in [2.05, 4.69) is 31.0 Å². The average Bonchev–Trinajstić information content (AvgIpc) is 2.88. The van der Waals surface area contributed by atoms with Gasteiger partial charge in [-0.3, -0.25) is 0 Å². The maximum atomic E-state index is 5.23. The van der Waals surface area contributed by atoms with Crippen molar-refractivity contribution in [3.63, 3.8) is 0 Å². The molecule has 1 aliphatic carbocycles.